The highest BCUT2D eigenvalue weighted by Gasteiger charge is 2.14. The van der Waals surface area contributed by atoms with Crippen LogP contribution in [0.25, 0.3) is 5.82 Å². The van der Waals surface area contributed by atoms with Gasteiger partial charge in [0.1, 0.15) is 6.33 Å². The second-order valence-electron chi connectivity index (χ2n) is 2.80. The average Bonchev–Trinajstić information content (AvgIpc) is 2.65. The van der Waals surface area contributed by atoms with Crippen molar-refractivity contribution < 1.29 is 9.13 Å². The largest absolute Gasteiger partial charge is 0.479 e. The lowest BCUT2D eigenvalue weighted by Gasteiger charge is -2.03. The Balaban J connectivity index is 2.53. The first-order chi connectivity index (χ1) is 7.22. The van der Waals surface area contributed by atoms with Gasteiger partial charge in [-0.2, -0.15) is 19.6 Å². The standard InChI is InChI=1S/C8H8FN5O/c1-5-3-12-14(13-5)7-6(9)8(15-2)11-4-10-7/h3-4H,1-2H3. The highest BCUT2D eigenvalue weighted by molar-refractivity contribution is 5.27. The molecule has 6 nitrogen and oxygen atoms in total. The summed E-state index contributed by atoms with van der Waals surface area (Å²) < 4.78 is 18.3. The van der Waals surface area contributed by atoms with E-state index in [4.69, 9.17) is 4.74 Å². The van der Waals surface area contributed by atoms with Gasteiger partial charge >= 0.3 is 0 Å². The van der Waals surface area contributed by atoms with E-state index in [-0.39, 0.29) is 11.7 Å². The second kappa shape index (κ2) is 3.60. The molecule has 0 N–H and O–H groups in total. The van der Waals surface area contributed by atoms with Crippen LogP contribution >= 0.6 is 0 Å². The van der Waals surface area contributed by atoms with Crippen molar-refractivity contribution in [2.24, 2.45) is 0 Å². The van der Waals surface area contributed by atoms with Crippen LogP contribution in [0.5, 0.6) is 5.88 Å². The van der Waals surface area contributed by atoms with Crippen molar-refractivity contribution in [3.05, 3.63) is 24.0 Å². The quantitative estimate of drug-likeness (QED) is 0.721. The molecular formula is C8H8FN5O. The van der Waals surface area contributed by atoms with E-state index in [1.165, 1.54) is 19.6 Å². The maximum atomic E-state index is 13.6. The van der Waals surface area contributed by atoms with Gasteiger partial charge in [0, 0.05) is 0 Å². The van der Waals surface area contributed by atoms with Crippen LogP contribution in [0.15, 0.2) is 12.5 Å². The molecular weight excluding hydrogens is 201 g/mol. The van der Waals surface area contributed by atoms with E-state index in [1.807, 2.05) is 0 Å². The number of aromatic nitrogens is 5. The van der Waals surface area contributed by atoms with E-state index < -0.39 is 5.82 Å². The molecule has 0 aliphatic heterocycles. The van der Waals surface area contributed by atoms with Crippen LogP contribution in [0.3, 0.4) is 0 Å². The zero-order valence-electron chi connectivity index (χ0n) is 8.18. The summed E-state index contributed by atoms with van der Waals surface area (Å²) in [4.78, 5) is 8.45. The Morgan fingerprint density at radius 3 is 2.80 bits per heavy atom. The van der Waals surface area contributed by atoms with E-state index in [1.54, 1.807) is 6.92 Å². The van der Waals surface area contributed by atoms with Crippen LogP contribution in [0.2, 0.25) is 0 Å². The molecule has 0 radical (unpaired) electrons. The first kappa shape index (κ1) is 9.50. The Labute approximate surface area is 84.7 Å². The van der Waals surface area contributed by atoms with Crippen molar-refractivity contribution in [3.63, 3.8) is 0 Å². The van der Waals surface area contributed by atoms with Crippen molar-refractivity contribution >= 4 is 0 Å². The summed E-state index contributed by atoms with van der Waals surface area (Å²) in [5, 5.41) is 7.78. The molecule has 2 heterocycles. The molecule has 2 rings (SSSR count). The Bertz CT molecular complexity index is 484. The molecule has 0 bridgehead atoms. The topological polar surface area (TPSA) is 65.7 Å². The summed E-state index contributed by atoms with van der Waals surface area (Å²) in [6.45, 7) is 1.75. The second-order valence-corrected chi connectivity index (χ2v) is 2.80. The van der Waals surface area contributed by atoms with Crippen molar-refractivity contribution in [3.8, 4) is 11.7 Å². The molecule has 0 aromatic carbocycles. The predicted octanol–water partition coefficient (Wildman–Crippen LogP) is 0.513. The number of hydrogen-bond acceptors (Lipinski definition) is 5. The minimum atomic E-state index is -0.685. The van der Waals surface area contributed by atoms with Crippen LogP contribution < -0.4 is 4.74 Å². The van der Waals surface area contributed by atoms with Gasteiger partial charge in [0.15, 0.2) is 0 Å². The van der Waals surface area contributed by atoms with E-state index >= 15 is 0 Å². The first-order valence-electron chi connectivity index (χ1n) is 4.16. The number of ether oxygens (including phenoxy) is 1. The molecule has 2 aromatic heterocycles. The summed E-state index contributed by atoms with van der Waals surface area (Å²) >= 11 is 0. The van der Waals surface area contributed by atoms with Crippen LogP contribution in [0, 0.1) is 12.7 Å². The van der Waals surface area contributed by atoms with Crippen molar-refractivity contribution in [1.82, 2.24) is 25.0 Å². The summed E-state index contributed by atoms with van der Waals surface area (Å²) in [7, 11) is 1.33. The lowest BCUT2D eigenvalue weighted by atomic mass is 10.5. The SMILES string of the molecule is COc1ncnc(-n2ncc(C)n2)c1F. The minimum absolute atomic E-state index is 0.0325. The summed E-state index contributed by atoms with van der Waals surface area (Å²) in [6, 6.07) is 0. The zero-order valence-corrected chi connectivity index (χ0v) is 8.18. The number of nitrogens with zero attached hydrogens (tertiary/aromatic N) is 5. The van der Waals surface area contributed by atoms with Gasteiger partial charge in [-0.15, -0.1) is 4.80 Å². The molecule has 0 aliphatic carbocycles. The lowest BCUT2D eigenvalue weighted by molar-refractivity contribution is 0.364. The molecule has 15 heavy (non-hydrogen) atoms. The van der Waals surface area contributed by atoms with Gasteiger partial charge in [0.25, 0.3) is 5.88 Å². The molecule has 7 heteroatoms. The smallest absolute Gasteiger partial charge is 0.255 e. The number of rotatable bonds is 2. The number of hydrogen-bond donors (Lipinski definition) is 0. The molecule has 0 aliphatic rings. The van der Waals surface area contributed by atoms with Crippen LogP contribution in [-0.4, -0.2) is 32.1 Å². The Hall–Kier alpha value is -2.05. The van der Waals surface area contributed by atoms with Gasteiger partial charge in [0.05, 0.1) is 19.0 Å². The highest BCUT2D eigenvalue weighted by Crippen LogP contribution is 2.16. The number of halogens is 1. The summed E-state index contributed by atoms with van der Waals surface area (Å²) in [6.07, 6.45) is 2.70. The van der Waals surface area contributed by atoms with Crippen molar-refractivity contribution in [1.29, 1.82) is 0 Å². The molecule has 2 aromatic rings. The predicted molar refractivity (Wildman–Crippen MR) is 48.2 cm³/mol. The Morgan fingerprint density at radius 2 is 2.20 bits per heavy atom. The number of methoxy groups -OCH3 is 1. The fraction of sp³-hybridized carbons (Fsp3) is 0.250. The third-order valence-electron chi connectivity index (χ3n) is 1.73. The minimum Gasteiger partial charge on any atom is -0.479 e. The number of aryl methyl sites for hydroxylation is 1. The van der Waals surface area contributed by atoms with Gasteiger partial charge in [0.2, 0.25) is 11.6 Å². The third-order valence-corrected chi connectivity index (χ3v) is 1.73. The van der Waals surface area contributed by atoms with E-state index in [0.717, 1.165) is 4.80 Å². The zero-order chi connectivity index (χ0) is 10.8. The first-order valence-corrected chi connectivity index (χ1v) is 4.16. The maximum Gasteiger partial charge on any atom is 0.255 e. The van der Waals surface area contributed by atoms with E-state index in [2.05, 4.69) is 20.2 Å². The van der Waals surface area contributed by atoms with Crippen LogP contribution in [0.1, 0.15) is 5.69 Å². The van der Waals surface area contributed by atoms with Gasteiger partial charge in [-0.25, -0.2) is 4.98 Å². The molecule has 0 saturated carbocycles. The third kappa shape index (κ3) is 1.63. The molecule has 0 fully saturated rings. The van der Waals surface area contributed by atoms with Crippen molar-refractivity contribution in [2.45, 2.75) is 6.92 Å². The Kier molecular flexibility index (Phi) is 2.28. The summed E-state index contributed by atoms with van der Waals surface area (Å²) in [5.74, 6) is -0.847. The fourth-order valence-corrected chi connectivity index (χ4v) is 1.07. The fourth-order valence-electron chi connectivity index (χ4n) is 1.07. The van der Waals surface area contributed by atoms with Gasteiger partial charge in [-0.1, -0.05) is 0 Å². The van der Waals surface area contributed by atoms with Gasteiger partial charge in [-0.05, 0) is 6.92 Å². The van der Waals surface area contributed by atoms with Gasteiger partial charge in [-0.3, -0.25) is 0 Å². The van der Waals surface area contributed by atoms with Crippen LogP contribution in [-0.2, 0) is 0 Å². The van der Waals surface area contributed by atoms with Crippen LogP contribution in [0.4, 0.5) is 4.39 Å². The normalized spacial score (nSPS) is 10.3. The molecule has 0 amide bonds. The Morgan fingerprint density at radius 1 is 1.40 bits per heavy atom. The molecule has 0 saturated heterocycles. The van der Waals surface area contributed by atoms with Crippen molar-refractivity contribution in [2.75, 3.05) is 7.11 Å². The highest BCUT2D eigenvalue weighted by atomic mass is 19.1. The molecule has 78 valence electrons. The molecule has 0 atom stereocenters. The van der Waals surface area contributed by atoms with E-state index in [9.17, 15) is 4.39 Å². The molecule has 0 unspecified atom stereocenters. The van der Waals surface area contributed by atoms with E-state index in [0.29, 0.717) is 5.69 Å². The maximum absolute atomic E-state index is 13.6. The molecule has 0 spiro atoms. The summed E-state index contributed by atoms with van der Waals surface area (Å²) in [5.41, 5.74) is 0.673. The average molecular weight is 209 g/mol. The lowest BCUT2D eigenvalue weighted by Crippen LogP contribution is -2.07. The monoisotopic (exact) mass is 209 g/mol. The van der Waals surface area contributed by atoms with Gasteiger partial charge < -0.3 is 4.74 Å².